The second-order valence-corrected chi connectivity index (χ2v) is 4.52. The van der Waals surface area contributed by atoms with Crippen molar-refractivity contribution in [2.45, 2.75) is 4.90 Å². The van der Waals surface area contributed by atoms with E-state index in [-0.39, 0.29) is 4.90 Å². The molecule has 1 aromatic carbocycles. The minimum Gasteiger partial charge on any atom is -0.497 e. The first-order valence-corrected chi connectivity index (χ1v) is 5.49. The minimum absolute atomic E-state index is 0.202. The van der Waals surface area contributed by atoms with E-state index in [9.17, 15) is 8.42 Å². The Kier molecular flexibility index (Phi) is 2.94. The van der Waals surface area contributed by atoms with Gasteiger partial charge in [0.05, 0.1) is 7.11 Å². The first-order chi connectivity index (χ1) is 5.95. The molecule has 0 radical (unpaired) electrons. The van der Waals surface area contributed by atoms with Gasteiger partial charge in [-0.15, -0.1) is 0 Å². The van der Waals surface area contributed by atoms with Gasteiger partial charge in [0.2, 0.25) is 0 Å². The maximum atomic E-state index is 10.8. The molecule has 0 heterocycles. The molecule has 4 nitrogen and oxygen atoms in total. The molecule has 6 heteroatoms. The second kappa shape index (κ2) is 3.65. The molecule has 0 aliphatic rings. The number of ether oxygens (including phenoxy) is 1. The molecule has 1 N–H and O–H groups in total. The molecule has 1 aromatic rings. The summed E-state index contributed by atoms with van der Waals surface area (Å²) in [7, 11) is -2.78. The van der Waals surface area contributed by atoms with Crippen LogP contribution in [0.5, 0.6) is 5.75 Å². The van der Waals surface area contributed by atoms with Crippen LogP contribution in [0.3, 0.4) is 0 Å². The van der Waals surface area contributed by atoms with Crippen molar-refractivity contribution in [3.05, 3.63) is 22.7 Å². The fourth-order valence-electron chi connectivity index (χ4n) is 0.808. The van der Waals surface area contributed by atoms with Gasteiger partial charge in [0.25, 0.3) is 10.1 Å². The summed E-state index contributed by atoms with van der Waals surface area (Å²) in [6.45, 7) is 0. The average Bonchev–Trinajstić information content (AvgIpc) is 2.03. The Bertz CT molecular complexity index is 413. The highest BCUT2D eigenvalue weighted by atomic mass is 79.9. The molecule has 0 spiro atoms. The summed E-state index contributed by atoms with van der Waals surface area (Å²) in [5.41, 5.74) is 0. The highest BCUT2D eigenvalue weighted by Crippen LogP contribution is 2.25. The van der Waals surface area contributed by atoms with Crippen LogP contribution in [-0.4, -0.2) is 20.1 Å². The van der Waals surface area contributed by atoms with Crippen LogP contribution in [-0.2, 0) is 10.1 Å². The van der Waals surface area contributed by atoms with E-state index in [1.807, 2.05) is 0 Å². The second-order valence-electron chi connectivity index (χ2n) is 2.27. The normalized spacial score (nSPS) is 11.3. The zero-order valence-corrected chi connectivity index (χ0v) is 9.09. The van der Waals surface area contributed by atoms with Gasteiger partial charge in [-0.05, 0) is 28.1 Å². The first-order valence-electron chi connectivity index (χ1n) is 3.26. The van der Waals surface area contributed by atoms with Crippen LogP contribution in [0.1, 0.15) is 0 Å². The SMILES string of the molecule is COc1ccc(Br)c(S(=O)(=O)O)c1. The third-order valence-electron chi connectivity index (χ3n) is 1.42. The average molecular weight is 267 g/mol. The lowest BCUT2D eigenvalue weighted by Crippen LogP contribution is -1.99. The van der Waals surface area contributed by atoms with Gasteiger partial charge in [0, 0.05) is 10.5 Å². The predicted octanol–water partition coefficient (Wildman–Crippen LogP) is 1.70. The summed E-state index contributed by atoms with van der Waals surface area (Å²) in [5.74, 6) is 0.371. The van der Waals surface area contributed by atoms with Gasteiger partial charge in [0.15, 0.2) is 0 Å². The lowest BCUT2D eigenvalue weighted by atomic mass is 10.3. The highest BCUT2D eigenvalue weighted by Gasteiger charge is 2.14. The monoisotopic (exact) mass is 266 g/mol. The molecular formula is C7H7BrO4S. The molecule has 72 valence electrons. The molecular weight excluding hydrogens is 260 g/mol. The van der Waals surface area contributed by atoms with Crippen LogP contribution in [0.15, 0.2) is 27.6 Å². The number of methoxy groups -OCH3 is 1. The van der Waals surface area contributed by atoms with Gasteiger partial charge in [0.1, 0.15) is 10.6 Å². The standard InChI is InChI=1S/C7H7BrO4S/c1-12-5-2-3-6(8)7(4-5)13(9,10)11/h2-4H,1H3,(H,9,10,11). The molecule has 0 aliphatic carbocycles. The Morgan fingerprint density at radius 3 is 2.54 bits per heavy atom. The number of rotatable bonds is 2. The van der Waals surface area contributed by atoms with E-state index in [0.717, 1.165) is 0 Å². The Morgan fingerprint density at radius 1 is 1.46 bits per heavy atom. The van der Waals surface area contributed by atoms with Gasteiger partial charge in [-0.2, -0.15) is 8.42 Å². The van der Waals surface area contributed by atoms with Gasteiger partial charge in [-0.25, -0.2) is 0 Å². The zero-order chi connectivity index (χ0) is 10.1. The molecule has 0 saturated heterocycles. The van der Waals surface area contributed by atoms with Gasteiger partial charge in [-0.1, -0.05) is 0 Å². The van der Waals surface area contributed by atoms with Crippen molar-refractivity contribution in [2.24, 2.45) is 0 Å². The van der Waals surface area contributed by atoms with Crippen LogP contribution < -0.4 is 4.74 Å². The Labute approximate surface area is 84.4 Å². The third-order valence-corrected chi connectivity index (χ3v) is 3.26. The Morgan fingerprint density at radius 2 is 2.08 bits per heavy atom. The molecule has 0 aliphatic heterocycles. The third kappa shape index (κ3) is 2.43. The van der Waals surface area contributed by atoms with Gasteiger partial charge in [-0.3, -0.25) is 4.55 Å². The fraction of sp³-hybridized carbons (Fsp3) is 0.143. The summed E-state index contributed by atoms with van der Waals surface area (Å²) in [5, 5.41) is 0. The van der Waals surface area contributed by atoms with E-state index in [1.165, 1.54) is 19.2 Å². The molecule has 0 bridgehead atoms. The summed E-state index contributed by atoms with van der Waals surface area (Å²) in [6, 6.07) is 4.31. The molecule has 0 aromatic heterocycles. The van der Waals surface area contributed by atoms with Crippen molar-refractivity contribution in [3.63, 3.8) is 0 Å². The van der Waals surface area contributed by atoms with Crippen molar-refractivity contribution in [1.29, 1.82) is 0 Å². The zero-order valence-electron chi connectivity index (χ0n) is 6.69. The number of hydrogen-bond donors (Lipinski definition) is 1. The summed E-state index contributed by atoms with van der Waals surface area (Å²) in [4.78, 5) is -0.202. The van der Waals surface area contributed by atoms with Crippen molar-refractivity contribution >= 4 is 26.0 Å². The van der Waals surface area contributed by atoms with Crippen molar-refractivity contribution < 1.29 is 17.7 Å². The lowest BCUT2D eigenvalue weighted by Gasteiger charge is -2.03. The Hall–Kier alpha value is -0.590. The molecule has 0 fully saturated rings. The van der Waals surface area contributed by atoms with E-state index in [4.69, 9.17) is 9.29 Å². The topological polar surface area (TPSA) is 63.6 Å². The summed E-state index contributed by atoms with van der Waals surface area (Å²) >= 11 is 3.00. The van der Waals surface area contributed by atoms with E-state index in [2.05, 4.69) is 15.9 Å². The quantitative estimate of drug-likeness (QED) is 0.828. The van der Waals surface area contributed by atoms with Crippen LogP contribution in [0.25, 0.3) is 0 Å². The van der Waals surface area contributed by atoms with Crippen molar-refractivity contribution in [1.82, 2.24) is 0 Å². The molecule has 13 heavy (non-hydrogen) atoms. The van der Waals surface area contributed by atoms with E-state index < -0.39 is 10.1 Å². The maximum Gasteiger partial charge on any atom is 0.295 e. The van der Waals surface area contributed by atoms with E-state index in [0.29, 0.717) is 10.2 Å². The fourth-order valence-corrected chi connectivity index (χ4v) is 2.25. The van der Waals surface area contributed by atoms with Gasteiger partial charge < -0.3 is 4.74 Å². The number of hydrogen-bond acceptors (Lipinski definition) is 3. The van der Waals surface area contributed by atoms with E-state index >= 15 is 0 Å². The minimum atomic E-state index is -4.19. The summed E-state index contributed by atoms with van der Waals surface area (Å²) in [6.07, 6.45) is 0. The Balaban J connectivity index is 3.36. The molecule has 0 amide bonds. The van der Waals surface area contributed by atoms with Crippen LogP contribution in [0, 0.1) is 0 Å². The highest BCUT2D eigenvalue weighted by molar-refractivity contribution is 9.10. The number of benzene rings is 1. The smallest absolute Gasteiger partial charge is 0.295 e. The van der Waals surface area contributed by atoms with Crippen LogP contribution in [0.4, 0.5) is 0 Å². The van der Waals surface area contributed by atoms with Gasteiger partial charge >= 0.3 is 0 Å². The number of halogens is 1. The van der Waals surface area contributed by atoms with Crippen molar-refractivity contribution in [2.75, 3.05) is 7.11 Å². The largest absolute Gasteiger partial charge is 0.497 e. The summed E-state index contributed by atoms with van der Waals surface area (Å²) < 4.78 is 35.5. The van der Waals surface area contributed by atoms with Crippen molar-refractivity contribution in [3.8, 4) is 5.75 Å². The van der Waals surface area contributed by atoms with Crippen LogP contribution >= 0.6 is 15.9 Å². The predicted molar refractivity (Wildman–Crippen MR) is 50.5 cm³/mol. The molecule has 0 saturated carbocycles. The van der Waals surface area contributed by atoms with E-state index in [1.54, 1.807) is 6.07 Å². The first kappa shape index (κ1) is 10.5. The molecule has 0 atom stereocenters. The maximum absolute atomic E-state index is 10.8. The lowest BCUT2D eigenvalue weighted by molar-refractivity contribution is 0.412. The molecule has 1 rings (SSSR count). The van der Waals surface area contributed by atoms with Crippen LogP contribution in [0.2, 0.25) is 0 Å². The molecule has 0 unspecified atom stereocenters.